The van der Waals surface area contributed by atoms with Gasteiger partial charge in [0, 0.05) is 17.4 Å². The van der Waals surface area contributed by atoms with Crippen molar-refractivity contribution in [3.05, 3.63) is 59.7 Å². The number of nitriles is 1. The lowest BCUT2D eigenvalue weighted by atomic mass is 9.71. The molecular formula is C27H23N3O6. The highest BCUT2D eigenvalue weighted by Gasteiger charge is 2.70. The molecule has 2 heterocycles. The number of oxime groups is 1. The molecule has 2 saturated carbocycles. The topological polar surface area (TPSA) is 118 Å². The van der Waals surface area contributed by atoms with E-state index < -0.39 is 17.8 Å². The number of carbonyl (C=O) groups excluding carboxylic acids is 3. The zero-order valence-electron chi connectivity index (χ0n) is 19.5. The van der Waals surface area contributed by atoms with E-state index in [0.717, 1.165) is 17.7 Å². The second-order valence-electron chi connectivity index (χ2n) is 9.44. The zero-order valence-corrected chi connectivity index (χ0v) is 19.5. The van der Waals surface area contributed by atoms with E-state index in [1.165, 1.54) is 4.90 Å². The molecule has 9 nitrogen and oxygen atoms in total. The molecule has 6 atom stereocenters. The van der Waals surface area contributed by atoms with E-state index in [0.29, 0.717) is 17.0 Å². The maximum absolute atomic E-state index is 13.6. The standard InChI is InChI=1S/C27H23N3O6/c1-2-34-27(33)15-3-7-16(8-4-15)30-25(31)20-18-13-19(21(20)26(30)32)24-22(18)23(29-36-24)14-5-9-17(10-6-14)35-12-11-28/h3-10,18-22,24H,2,12-13H2,1H3/t18-,19-,20-,21-,22-,24+/m1/s1. The second kappa shape index (κ2) is 8.48. The lowest BCUT2D eigenvalue weighted by Crippen LogP contribution is -2.41. The van der Waals surface area contributed by atoms with E-state index in [1.807, 2.05) is 18.2 Å². The van der Waals surface area contributed by atoms with E-state index in [2.05, 4.69) is 5.16 Å². The van der Waals surface area contributed by atoms with E-state index in [1.54, 1.807) is 43.3 Å². The molecule has 3 fully saturated rings. The molecule has 2 amide bonds. The Morgan fingerprint density at radius 1 is 1.06 bits per heavy atom. The van der Waals surface area contributed by atoms with Crippen LogP contribution in [-0.4, -0.2) is 42.8 Å². The van der Waals surface area contributed by atoms with Crippen LogP contribution >= 0.6 is 0 Å². The van der Waals surface area contributed by atoms with Gasteiger partial charge in [-0.05, 0) is 67.8 Å². The molecule has 2 aromatic carbocycles. The third-order valence-electron chi connectivity index (χ3n) is 7.78. The van der Waals surface area contributed by atoms with Crippen LogP contribution in [0.2, 0.25) is 0 Å². The van der Waals surface area contributed by atoms with E-state index in [4.69, 9.17) is 19.6 Å². The molecule has 1 saturated heterocycles. The quantitative estimate of drug-likeness (QED) is 0.456. The Hall–Kier alpha value is -4.19. The fraction of sp³-hybridized carbons (Fsp3) is 0.370. The molecule has 2 aliphatic carbocycles. The van der Waals surface area contributed by atoms with Crippen LogP contribution in [0.4, 0.5) is 5.69 Å². The maximum Gasteiger partial charge on any atom is 0.338 e. The normalized spacial score (nSPS) is 29.3. The number of esters is 1. The highest BCUT2D eigenvalue weighted by atomic mass is 16.6. The zero-order chi connectivity index (χ0) is 25.0. The summed E-state index contributed by atoms with van der Waals surface area (Å²) in [5.74, 6) is -1.30. The highest BCUT2D eigenvalue weighted by molar-refractivity contribution is 6.23. The fourth-order valence-electron chi connectivity index (χ4n) is 6.42. The number of hydrogen-bond donors (Lipinski definition) is 0. The molecule has 36 heavy (non-hydrogen) atoms. The van der Waals surface area contributed by atoms with Crippen molar-refractivity contribution < 1.29 is 28.7 Å². The molecule has 2 aliphatic heterocycles. The first kappa shape index (κ1) is 22.3. The SMILES string of the molecule is CCOC(=O)c1ccc(N2C(=O)[C@@H]3[C@H]4C[C@@H]([C@@H]5ON=C(c6ccc(OCC#N)cc6)[C@@H]45)[C@H]3C2=O)cc1. The smallest absolute Gasteiger partial charge is 0.338 e. The van der Waals surface area contributed by atoms with Gasteiger partial charge in [0.05, 0.1) is 35.4 Å². The van der Waals surface area contributed by atoms with Gasteiger partial charge < -0.3 is 14.3 Å². The van der Waals surface area contributed by atoms with Crippen molar-refractivity contribution in [1.82, 2.24) is 0 Å². The van der Waals surface area contributed by atoms with Crippen LogP contribution < -0.4 is 9.64 Å². The number of ether oxygens (including phenoxy) is 2. The molecule has 0 unspecified atom stereocenters. The van der Waals surface area contributed by atoms with Crippen LogP contribution in [0.1, 0.15) is 29.3 Å². The van der Waals surface area contributed by atoms with Crippen LogP contribution in [0.25, 0.3) is 0 Å². The number of amides is 2. The summed E-state index contributed by atoms with van der Waals surface area (Å²) >= 11 is 0. The summed E-state index contributed by atoms with van der Waals surface area (Å²) in [6.07, 6.45) is 0.517. The number of anilines is 1. The Labute approximate surface area is 207 Å². The van der Waals surface area contributed by atoms with E-state index in [9.17, 15) is 14.4 Å². The number of rotatable bonds is 6. The van der Waals surface area contributed by atoms with Gasteiger partial charge in [0.15, 0.2) is 6.61 Å². The minimum atomic E-state index is -0.445. The van der Waals surface area contributed by atoms with Crippen molar-refractivity contribution in [3.8, 4) is 11.8 Å². The summed E-state index contributed by atoms with van der Waals surface area (Å²) in [7, 11) is 0. The number of hydrogen-bond acceptors (Lipinski definition) is 8. The molecular weight excluding hydrogens is 462 g/mol. The molecule has 0 N–H and O–H groups in total. The van der Waals surface area contributed by atoms with Gasteiger partial charge in [0.25, 0.3) is 0 Å². The van der Waals surface area contributed by atoms with Gasteiger partial charge in [0.1, 0.15) is 17.9 Å². The number of imide groups is 1. The monoisotopic (exact) mass is 485 g/mol. The van der Waals surface area contributed by atoms with Gasteiger partial charge in [-0.15, -0.1) is 0 Å². The number of nitrogens with zero attached hydrogens (tertiary/aromatic N) is 3. The lowest BCUT2D eigenvalue weighted by Gasteiger charge is -2.29. The summed E-state index contributed by atoms with van der Waals surface area (Å²) < 4.78 is 10.3. The molecule has 2 bridgehead atoms. The van der Waals surface area contributed by atoms with Gasteiger partial charge >= 0.3 is 5.97 Å². The van der Waals surface area contributed by atoms with Gasteiger partial charge in [-0.2, -0.15) is 5.26 Å². The number of benzene rings is 2. The first-order chi connectivity index (χ1) is 17.5. The van der Waals surface area contributed by atoms with Crippen molar-refractivity contribution in [1.29, 1.82) is 5.26 Å². The average Bonchev–Trinajstić information content (AvgIpc) is 3.64. The molecule has 9 heteroatoms. The predicted molar refractivity (Wildman–Crippen MR) is 126 cm³/mol. The van der Waals surface area contributed by atoms with Gasteiger partial charge in [0.2, 0.25) is 11.8 Å². The largest absolute Gasteiger partial charge is 0.479 e. The maximum atomic E-state index is 13.6. The summed E-state index contributed by atoms with van der Waals surface area (Å²) in [5.41, 5.74) is 2.49. The molecule has 0 radical (unpaired) electrons. The summed E-state index contributed by atoms with van der Waals surface area (Å²) in [6, 6.07) is 15.6. The van der Waals surface area contributed by atoms with Crippen LogP contribution in [0, 0.1) is 40.9 Å². The van der Waals surface area contributed by atoms with Crippen molar-refractivity contribution in [3.63, 3.8) is 0 Å². The summed E-state index contributed by atoms with van der Waals surface area (Å²) in [5, 5.41) is 13.1. The van der Waals surface area contributed by atoms with Crippen LogP contribution in [-0.2, 0) is 19.2 Å². The highest BCUT2D eigenvalue weighted by Crippen LogP contribution is 2.62. The third-order valence-corrected chi connectivity index (χ3v) is 7.78. The summed E-state index contributed by atoms with van der Waals surface area (Å²) in [6.45, 7) is 1.97. The molecule has 6 rings (SSSR count). The van der Waals surface area contributed by atoms with Gasteiger partial charge in [-0.1, -0.05) is 5.16 Å². The Kier molecular flexibility index (Phi) is 5.25. The first-order valence-corrected chi connectivity index (χ1v) is 12.0. The minimum absolute atomic E-state index is 0.0287. The minimum Gasteiger partial charge on any atom is -0.479 e. The first-order valence-electron chi connectivity index (χ1n) is 12.0. The molecule has 2 aromatic rings. The van der Waals surface area contributed by atoms with E-state index >= 15 is 0 Å². The van der Waals surface area contributed by atoms with Crippen molar-refractivity contribution in [2.24, 2.45) is 34.7 Å². The van der Waals surface area contributed by atoms with Crippen LogP contribution in [0.15, 0.2) is 53.7 Å². The van der Waals surface area contributed by atoms with Crippen molar-refractivity contribution in [2.75, 3.05) is 18.1 Å². The van der Waals surface area contributed by atoms with Crippen LogP contribution in [0.5, 0.6) is 5.75 Å². The lowest BCUT2D eigenvalue weighted by molar-refractivity contribution is -0.125. The number of fused-ring (bicyclic) bond motifs is 8. The van der Waals surface area contributed by atoms with Gasteiger partial charge in [-0.25, -0.2) is 4.79 Å². The second-order valence-corrected chi connectivity index (χ2v) is 9.44. The average molecular weight is 485 g/mol. The molecule has 4 aliphatic rings. The third kappa shape index (κ3) is 3.21. The van der Waals surface area contributed by atoms with Crippen molar-refractivity contribution >= 4 is 29.2 Å². The molecule has 0 aromatic heterocycles. The molecule has 0 spiro atoms. The number of carbonyl (C=O) groups is 3. The van der Waals surface area contributed by atoms with Gasteiger partial charge in [-0.3, -0.25) is 14.5 Å². The Morgan fingerprint density at radius 3 is 2.42 bits per heavy atom. The van der Waals surface area contributed by atoms with E-state index in [-0.39, 0.29) is 48.9 Å². The molecule has 182 valence electrons. The van der Waals surface area contributed by atoms with Crippen molar-refractivity contribution in [2.45, 2.75) is 19.4 Å². The predicted octanol–water partition coefficient (Wildman–Crippen LogP) is 2.94. The Balaban J connectivity index is 1.24. The Bertz CT molecular complexity index is 1310. The fourth-order valence-corrected chi connectivity index (χ4v) is 6.42. The Morgan fingerprint density at radius 2 is 1.75 bits per heavy atom. The summed E-state index contributed by atoms with van der Waals surface area (Å²) in [4.78, 5) is 46.1. The van der Waals surface area contributed by atoms with Crippen LogP contribution in [0.3, 0.4) is 0 Å².